The van der Waals surface area contributed by atoms with Gasteiger partial charge >= 0.3 is 0 Å². The molecule has 0 radical (unpaired) electrons. The lowest BCUT2D eigenvalue weighted by molar-refractivity contribution is 0.415. The molecule has 0 aliphatic heterocycles. The standard InChI is InChI=1S/C18H16ClNO2/c1-12-9-18(21)20(11-13-3-5-14(19)6-4-13)17-10-15(22-2)7-8-16(12)17/h3-10H,11H2,1-2H3. The van der Waals surface area contributed by atoms with Crippen LogP contribution in [-0.2, 0) is 6.54 Å². The Morgan fingerprint density at radius 2 is 1.82 bits per heavy atom. The van der Waals surface area contributed by atoms with Crippen molar-refractivity contribution in [3.05, 3.63) is 75.0 Å². The molecule has 3 rings (SSSR count). The molecule has 0 unspecified atom stereocenters. The number of hydrogen-bond donors (Lipinski definition) is 0. The third-order valence-electron chi connectivity index (χ3n) is 3.78. The van der Waals surface area contributed by atoms with E-state index in [4.69, 9.17) is 16.3 Å². The van der Waals surface area contributed by atoms with Crippen molar-refractivity contribution in [1.29, 1.82) is 0 Å². The first-order chi connectivity index (χ1) is 10.6. The van der Waals surface area contributed by atoms with Gasteiger partial charge in [0.1, 0.15) is 5.75 Å². The van der Waals surface area contributed by atoms with E-state index in [1.54, 1.807) is 17.7 Å². The number of benzene rings is 2. The SMILES string of the molecule is COc1ccc2c(C)cc(=O)n(Cc3ccc(Cl)cc3)c2c1. The quantitative estimate of drug-likeness (QED) is 0.731. The second kappa shape index (κ2) is 5.85. The minimum absolute atomic E-state index is 0.0202. The zero-order valence-electron chi connectivity index (χ0n) is 12.5. The van der Waals surface area contributed by atoms with Gasteiger partial charge in [-0.05, 0) is 42.3 Å². The summed E-state index contributed by atoms with van der Waals surface area (Å²) in [6.07, 6.45) is 0. The molecule has 1 heterocycles. The van der Waals surface area contributed by atoms with E-state index in [0.29, 0.717) is 11.6 Å². The molecule has 3 aromatic rings. The summed E-state index contributed by atoms with van der Waals surface area (Å²) < 4.78 is 7.05. The third kappa shape index (κ3) is 2.72. The van der Waals surface area contributed by atoms with E-state index in [0.717, 1.165) is 27.8 Å². The molecule has 0 spiro atoms. The predicted molar refractivity (Wildman–Crippen MR) is 90.1 cm³/mol. The smallest absolute Gasteiger partial charge is 0.251 e. The van der Waals surface area contributed by atoms with Crippen LogP contribution in [0.15, 0.2) is 53.3 Å². The topological polar surface area (TPSA) is 31.2 Å². The number of aromatic nitrogens is 1. The highest BCUT2D eigenvalue weighted by Crippen LogP contribution is 2.23. The maximum Gasteiger partial charge on any atom is 0.251 e. The van der Waals surface area contributed by atoms with Gasteiger partial charge in [-0.15, -0.1) is 0 Å². The van der Waals surface area contributed by atoms with Crippen LogP contribution in [0.2, 0.25) is 5.02 Å². The fourth-order valence-corrected chi connectivity index (χ4v) is 2.72. The van der Waals surface area contributed by atoms with Gasteiger partial charge in [-0.3, -0.25) is 4.79 Å². The molecule has 4 heteroatoms. The Morgan fingerprint density at radius 3 is 2.50 bits per heavy atom. The monoisotopic (exact) mass is 313 g/mol. The van der Waals surface area contributed by atoms with E-state index < -0.39 is 0 Å². The average molecular weight is 314 g/mol. The fourth-order valence-electron chi connectivity index (χ4n) is 2.59. The van der Waals surface area contributed by atoms with Crippen molar-refractivity contribution in [2.24, 2.45) is 0 Å². The lowest BCUT2D eigenvalue weighted by Crippen LogP contribution is -2.21. The van der Waals surface area contributed by atoms with Crippen LogP contribution in [0.5, 0.6) is 5.75 Å². The number of ether oxygens (including phenoxy) is 1. The summed E-state index contributed by atoms with van der Waals surface area (Å²) in [4.78, 5) is 12.4. The van der Waals surface area contributed by atoms with Gasteiger partial charge < -0.3 is 9.30 Å². The molecule has 0 aliphatic carbocycles. The van der Waals surface area contributed by atoms with Crippen molar-refractivity contribution in [1.82, 2.24) is 4.57 Å². The van der Waals surface area contributed by atoms with Crippen LogP contribution in [0.25, 0.3) is 10.9 Å². The largest absolute Gasteiger partial charge is 0.497 e. The predicted octanol–water partition coefficient (Wildman–Crippen LogP) is 4.02. The maximum absolute atomic E-state index is 12.4. The molecule has 3 nitrogen and oxygen atoms in total. The van der Waals surface area contributed by atoms with E-state index in [9.17, 15) is 4.79 Å². The number of halogens is 1. The molecule has 0 N–H and O–H groups in total. The molecule has 0 aliphatic rings. The van der Waals surface area contributed by atoms with Crippen LogP contribution in [0.4, 0.5) is 0 Å². The Labute approximate surface area is 133 Å². The number of methoxy groups -OCH3 is 1. The first-order valence-electron chi connectivity index (χ1n) is 7.01. The number of nitrogens with zero attached hydrogens (tertiary/aromatic N) is 1. The molecular weight excluding hydrogens is 298 g/mol. The first kappa shape index (κ1) is 14.7. The van der Waals surface area contributed by atoms with Gasteiger partial charge in [-0.2, -0.15) is 0 Å². The van der Waals surface area contributed by atoms with Crippen molar-refractivity contribution in [2.75, 3.05) is 7.11 Å². The molecule has 22 heavy (non-hydrogen) atoms. The average Bonchev–Trinajstić information content (AvgIpc) is 2.52. The van der Waals surface area contributed by atoms with Crippen molar-refractivity contribution in [3.63, 3.8) is 0 Å². The van der Waals surface area contributed by atoms with Crippen molar-refractivity contribution >= 4 is 22.5 Å². The van der Waals surface area contributed by atoms with Crippen LogP contribution in [0.1, 0.15) is 11.1 Å². The number of pyridine rings is 1. The van der Waals surface area contributed by atoms with E-state index in [1.807, 2.05) is 49.4 Å². The molecule has 2 aromatic carbocycles. The van der Waals surface area contributed by atoms with E-state index in [1.165, 1.54) is 0 Å². The lowest BCUT2D eigenvalue weighted by atomic mass is 10.1. The van der Waals surface area contributed by atoms with Crippen LogP contribution in [-0.4, -0.2) is 11.7 Å². The van der Waals surface area contributed by atoms with E-state index in [-0.39, 0.29) is 5.56 Å². The number of hydrogen-bond acceptors (Lipinski definition) is 2. The number of rotatable bonds is 3. The van der Waals surface area contributed by atoms with Gasteiger partial charge in [-0.25, -0.2) is 0 Å². The van der Waals surface area contributed by atoms with Crippen molar-refractivity contribution < 1.29 is 4.74 Å². The van der Waals surface area contributed by atoms with Gasteiger partial charge in [0.25, 0.3) is 5.56 Å². The Bertz CT molecular complexity index is 882. The molecular formula is C18H16ClNO2. The summed E-state index contributed by atoms with van der Waals surface area (Å²) in [7, 11) is 1.62. The molecule has 112 valence electrons. The Hall–Kier alpha value is -2.26. The van der Waals surface area contributed by atoms with Crippen LogP contribution < -0.4 is 10.3 Å². The number of aryl methyl sites for hydroxylation is 1. The Balaban J connectivity index is 2.18. The Kier molecular flexibility index (Phi) is 3.90. The summed E-state index contributed by atoms with van der Waals surface area (Å²) in [5.41, 5.74) is 2.85. The highest BCUT2D eigenvalue weighted by molar-refractivity contribution is 6.30. The van der Waals surface area contributed by atoms with Crippen LogP contribution >= 0.6 is 11.6 Å². The molecule has 0 saturated carbocycles. The van der Waals surface area contributed by atoms with Crippen LogP contribution in [0, 0.1) is 6.92 Å². The van der Waals surface area contributed by atoms with Gasteiger partial charge in [0.2, 0.25) is 0 Å². The molecule has 1 aromatic heterocycles. The van der Waals surface area contributed by atoms with Crippen LogP contribution in [0.3, 0.4) is 0 Å². The van der Waals surface area contributed by atoms with Gasteiger partial charge in [0.15, 0.2) is 0 Å². The summed E-state index contributed by atoms with van der Waals surface area (Å²) in [6, 6.07) is 15.0. The maximum atomic E-state index is 12.4. The zero-order valence-corrected chi connectivity index (χ0v) is 13.2. The highest BCUT2D eigenvalue weighted by Gasteiger charge is 2.08. The van der Waals surface area contributed by atoms with E-state index in [2.05, 4.69) is 0 Å². The molecule has 0 bridgehead atoms. The summed E-state index contributed by atoms with van der Waals surface area (Å²) >= 11 is 5.92. The molecule has 0 atom stereocenters. The third-order valence-corrected chi connectivity index (χ3v) is 4.03. The zero-order chi connectivity index (χ0) is 15.7. The number of fused-ring (bicyclic) bond motifs is 1. The second-order valence-electron chi connectivity index (χ2n) is 5.26. The van der Waals surface area contributed by atoms with Crippen molar-refractivity contribution in [3.8, 4) is 5.75 Å². The Morgan fingerprint density at radius 1 is 1.09 bits per heavy atom. The summed E-state index contributed by atoms with van der Waals surface area (Å²) in [5, 5.41) is 1.74. The summed E-state index contributed by atoms with van der Waals surface area (Å²) in [5.74, 6) is 0.738. The molecule has 0 amide bonds. The normalized spacial score (nSPS) is 10.9. The summed E-state index contributed by atoms with van der Waals surface area (Å²) in [6.45, 7) is 2.45. The van der Waals surface area contributed by atoms with E-state index >= 15 is 0 Å². The highest BCUT2D eigenvalue weighted by atomic mass is 35.5. The minimum Gasteiger partial charge on any atom is -0.497 e. The molecule has 0 saturated heterocycles. The lowest BCUT2D eigenvalue weighted by Gasteiger charge is -2.13. The minimum atomic E-state index is -0.0202. The van der Waals surface area contributed by atoms with Gasteiger partial charge in [0, 0.05) is 22.5 Å². The second-order valence-corrected chi connectivity index (χ2v) is 5.70. The van der Waals surface area contributed by atoms with Gasteiger partial charge in [0.05, 0.1) is 19.2 Å². The first-order valence-corrected chi connectivity index (χ1v) is 7.39. The molecule has 0 fully saturated rings. The fraction of sp³-hybridized carbons (Fsp3) is 0.167. The van der Waals surface area contributed by atoms with Crippen molar-refractivity contribution in [2.45, 2.75) is 13.5 Å². The van der Waals surface area contributed by atoms with Gasteiger partial charge in [-0.1, -0.05) is 23.7 Å².